The average molecular weight is 301 g/mol. The third kappa shape index (κ3) is 3.93. The summed E-state index contributed by atoms with van der Waals surface area (Å²) < 4.78 is 69.1. The fourth-order valence-electron chi connectivity index (χ4n) is 1.28. The monoisotopic (exact) mass is 301 g/mol. The van der Waals surface area contributed by atoms with E-state index in [1.54, 1.807) is 0 Å². The maximum atomic E-state index is 12.6. The van der Waals surface area contributed by atoms with Gasteiger partial charge in [0.25, 0.3) is 12.0 Å². The number of hydrogen-bond acceptors (Lipinski definition) is 4. The SMILES string of the molecule is CCOC(=O)c1cc(OC(F)(F)F)c(=O)[nH]c1C(F)F. The molecular weight excluding hydrogens is 293 g/mol. The quantitative estimate of drug-likeness (QED) is 0.685. The summed E-state index contributed by atoms with van der Waals surface area (Å²) in [5, 5.41) is 0. The standard InChI is InChI=1S/C10H8F5NO4/c1-2-19-9(18)4-3-5(20-10(13,14)15)8(17)16-6(4)7(11)12/h3,7H,2H2,1H3,(H,16,17). The molecule has 0 aliphatic heterocycles. The van der Waals surface area contributed by atoms with Gasteiger partial charge in [0.15, 0.2) is 5.75 Å². The van der Waals surface area contributed by atoms with E-state index in [1.807, 2.05) is 0 Å². The number of ether oxygens (including phenoxy) is 2. The highest BCUT2D eigenvalue weighted by molar-refractivity contribution is 5.91. The van der Waals surface area contributed by atoms with Crippen LogP contribution in [0.2, 0.25) is 0 Å². The van der Waals surface area contributed by atoms with Crippen LogP contribution in [0.4, 0.5) is 22.0 Å². The summed E-state index contributed by atoms with van der Waals surface area (Å²) >= 11 is 0. The number of carbonyl (C=O) groups is 1. The van der Waals surface area contributed by atoms with Crippen molar-refractivity contribution in [2.45, 2.75) is 19.7 Å². The van der Waals surface area contributed by atoms with Crippen molar-refractivity contribution < 1.29 is 36.2 Å². The van der Waals surface area contributed by atoms with Crippen molar-refractivity contribution in [1.82, 2.24) is 4.98 Å². The molecule has 0 saturated heterocycles. The average Bonchev–Trinajstić information content (AvgIpc) is 2.29. The molecule has 0 saturated carbocycles. The summed E-state index contributed by atoms with van der Waals surface area (Å²) in [7, 11) is 0. The minimum atomic E-state index is -5.20. The molecule has 5 nitrogen and oxygen atoms in total. The first kappa shape index (κ1) is 15.9. The van der Waals surface area contributed by atoms with Crippen molar-refractivity contribution in [3.8, 4) is 5.75 Å². The molecular formula is C10H8F5NO4. The minimum Gasteiger partial charge on any atom is -0.462 e. The van der Waals surface area contributed by atoms with E-state index < -0.39 is 41.3 Å². The molecule has 0 spiro atoms. The lowest BCUT2D eigenvalue weighted by Gasteiger charge is -2.12. The van der Waals surface area contributed by atoms with Crippen molar-refractivity contribution in [2.75, 3.05) is 6.61 Å². The van der Waals surface area contributed by atoms with Gasteiger partial charge >= 0.3 is 12.3 Å². The van der Waals surface area contributed by atoms with E-state index in [1.165, 1.54) is 11.9 Å². The Morgan fingerprint density at radius 2 is 2.00 bits per heavy atom. The molecule has 0 aliphatic rings. The number of pyridine rings is 1. The number of H-pyrrole nitrogens is 1. The highest BCUT2D eigenvalue weighted by Crippen LogP contribution is 2.25. The van der Waals surface area contributed by atoms with Crippen LogP contribution in [0, 0.1) is 0 Å². The fraction of sp³-hybridized carbons (Fsp3) is 0.400. The van der Waals surface area contributed by atoms with Crippen molar-refractivity contribution >= 4 is 5.97 Å². The van der Waals surface area contributed by atoms with E-state index >= 15 is 0 Å². The highest BCUT2D eigenvalue weighted by atomic mass is 19.4. The maximum Gasteiger partial charge on any atom is 0.573 e. The summed E-state index contributed by atoms with van der Waals surface area (Å²) in [6, 6.07) is 0.270. The zero-order chi connectivity index (χ0) is 15.5. The van der Waals surface area contributed by atoms with Crippen molar-refractivity contribution in [3.05, 3.63) is 27.7 Å². The summed E-state index contributed by atoms with van der Waals surface area (Å²) in [6.07, 6.45) is -8.48. The Bertz CT molecular complexity index is 552. The van der Waals surface area contributed by atoms with Crippen LogP contribution in [0.3, 0.4) is 0 Å². The van der Waals surface area contributed by atoms with Crippen LogP contribution in [0.25, 0.3) is 0 Å². The Morgan fingerprint density at radius 1 is 1.40 bits per heavy atom. The maximum absolute atomic E-state index is 12.6. The largest absolute Gasteiger partial charge is 0.573 e. The van der Waals surface area contributed by atoms with Gasteiger partial charge in [0.05, 0.1) is 17.9 Å². The molecule has 1 N–H and O–H groups in total. The Labute approximate surface area is 108 Å². The Hall–Kier alpha value is -2.13. The zero-order valence-electron chi connectivity index (χ0n) is 9.88. The van der Waals surface area contributed by atoms with E-state index in [0.29, 0.717) is 0 Å². The lowest BCUT2D eigenvalue weighted by atomic mass is 10.2. The summed E-state index contributed by atoms with van der Waals surface area (Å²) in [5.74, 6) is -2.63. The molecule has 112 valence electrons. The zero-order valence-corrected chi connectivity index (χ0v) is 9.88. The van der Waals surface area contributed by atoms with Gasteiger partial charge in [-0.3, -0.25) is 4.79 Å². The van der Waals surface area contributed by atoms with Crippen LogP contribution >= 0.6 is 0 Å². The first-order chi connectivity index (χ1) is 9.15. The van der Waals surface area contributed by atoms with E-state index in [-0.39, 0.29) is 12.7 Å². The van der Waals surface area contributed by atoms with Crippen molar-refractivity contribution in [2.24, 2.45) is 0 Å². The van der Waals surface area contributed by atoms with E-state index in [2.05, 4.69) is 9.47 Å². The van der Waals surface area contributed by atoms with Crippen molar-refractivity contribution in [1.29, 1.82) is 0 Å². The van der Waals surface area contributed by atoms with Crippen LogP contribution in [0.15, 0.2) is 10.9 Å². The second-order valence-corrected chi connectivity index (χ2v) is 3.36. The van der Waals surface area contributed by atoms with Crippen LogP contribution < -0.4 is 10.3 Å². The lowest BCUT2D eigenvalue weighted by Crippen LogP contribution is -2.25. The number of aromatic nitrogens is 1. The van der Waals surface area contributed by atoms with Gasteiger partial charge in [-0.1, -0.05) is 0 Å². The molecule has 0 bridgehead atoms. The predicted octanol–water partition coefficient (Wildman–Crippen LogP) is 2.39. The smallest absolute Gasteiger partial charge is 0.462 e. The van der Waals surface area contributed by atoms with Gasteiger partial charge in [0.1, 0.15) is 0 Å². The summed E-state index contributed by atoms with van der Waals surface area (Å²) in [4.78, 5) is 24.0. The first-order valence-corrected chi connectivity index (χ1v) is 5.14. The predicted molar refractivity (Wildman–Crippen MR) is 54.7 cm³/mol. The Kier molecular flexibility index (Phi) is 4.69. The molecule has 0 amide bonds. The minimum absolute atomic E-state index is 0.184. The molecule has 1 aromatic heterocycles. The van der Waals surface area contributed by atoms with Gasteiger partial charge < -0.3 is 14.5 Å². The van der Waals surface area contributed by atoms with Crippen molar-refractivity contribution in [3.63, 3.8) is 0 Å². The molecule has 1 heterocycles. The molecule has 10 heteroatoms. The van der Waals surface area contributed by atoms with E-state index in [4.69, 9.17) is 0 Å². The first-order valence-electron chi connectivity index (χ1n) is 5.14. The molecule has 0 aromatic carbocycles. The second kappa shape index (κ2) is 5.88. The molecule has 0 unspecified atom stereocenters. The number of aromatic amines is 1. The third-order valence-electron chi connectivity index (χ3n) is 1.98. The number of halogens is 5. The van der Waals surface area contributed by atoms with Gasteiger partial charge in [-0.2, -0.15) is 0 Å². The number of hydrogen-bond donors (Lipinski definition) is 1. The fourth-order valence-corrected chi connectivity index (χ4v) is 1.28. The van der Waals surface area contributed by atoms with Crippen LogP contribution in [-0.4, -0.2) is 23.9 Å². The molecule has 0 radical (unpaired) electrons. The normalized spacial score (nSPS) is 11.6. The Balaban J connectivity index is 3.34. The summed E-state index contributed by atoms with van der Waals surface area (Å²) in [5.41, 5.74) is -3.57. The Morgan fingerprint density at radius 3 is 2.45 bits per heavy atom. The molecule has 0 atom stereocenters. The molecule has 20 heavy (non-hydrogen) atoms. The molecule has 0 fully saturated rings. The topological polar surface area (TPSA) is 68.4 Å². The second-order valence-electron chi connectivity index (χ2n) is 3.36. The third-order valence-corrected chi connectivity index (χ3v) is 1.98. The number of alkyl halides is 5. The van der Waals surface area contributed by atoms with Gasteiger partial charge in [-0.15, -0.1) is 13.2 Å². The van der Waals surface area contributed by atoms with Crippen LogP contribution in [0.1, 0.15) is 29.4 Å². The number of carbonyl (C=O) groups excluding carboxylic acids is 1. The number of rotatable bonds is 4. The molecule has 0 aliphatic carbocycles. The highest BCUT2D eigenvalue weighted by Gasteiger charge is 2.33. The van der Waals surface area contributed by atoms with Crippen LogP contribution in [0.5, 0.6) is 5.75 Å². The van der Waals surface area contributed by atoms with E-state index in [0.717, 1.165) is 0 Å². The van der Waals surface area contributed by atoms with E-state index in [9.17, 15) is 31.5 Å². The van der Waals surface area contributed by atoms with Gasteiger partial charge in [-0.25, -0.2) is 13.6 Å². The van der Waals surface area contributed by atoms with Gasteiger partial charge in [0, 0.05) is 6.07 Å². The number of nitrogens with one attached hydrogen (secondary N) is 1. The summed E-state index contributed by atoms with van der Waals surface area (Å²) in [6.45, 7) is 1.19. The molecule has 1 rings (SSSR count). The van der Waals surface area contributed by atoms with Crippen LogP contribution in [-0.2, 0) is 4.74 Å². The van der Waals surface area contributed by atoms with Gasteiger partial charge in [-0.05, 0) is 6.92 Å². The number of esters is 1. The lowest BCUT2D eigenvalue weighted by molar-refractivity contribution is -0.275. The van der Waals surface area contributed by atoms with Gasteiger partial charge in [0.2, 0.25) is 0 Å². The molecule has 1 aromatic rings.